The zero-order valence-corrected chi connectivity index (χ0v) is 14.3. The first-order valence-electron chi connectivity index (χ1n) is 7.79. The smallest absolute Gasteiger partial charge is 0.350 e. The largest absolute Gasteiger partial charge is 0.419 e. The number of halogens is 1. The van der Waals surface area contributed by atoms with Crippen molar-refractivity contribution in [2.45, 2.75) is 26.1 Å². The Morgan fingerprint density at radius 1 is 1.24 bits per heavy atom. The summed E-state index contributed by atoms with van der Waals surface area (Å²) in [5, 5.41) is 5.72. The minimum absolute atomic E-state index is 0.109. The van der Waals surface area contributed by atoms with E-state index in [2.05, 4.69) is 10.6 Å². The van der Waals surface area contributed by atoms with E-state index in [4.69, 9.17) is 14.2 Å². The van der Waals surface area contributed by atoms with Crippen LogP contribution in [0.2, 0.25) is 0 Å². The van der Waals surface area contributed by atoms with Crippen LogP contribution in [-0.4, -0.2) is 38.0 Å². The standard InChI is InChI=1S/C17H21FN2O5/c1-17(2)24-15(21)11(16(22)25-17)10-20-14-12(18)6-4-7-13(14)19-8-5-9-23-3/h4,6-7,10,19-20H,5,8-9H2,1-3H3. The number of nitrogens with one attached hydrogen (secondary N) is 2. The molecule has 0 bridgehead atoms. The first-order chi connectivity index (χ1) is 11.8. The van der Waals surface area contributed by atoms with Crippen molar-refractivity contribution in [1.82, 2.24) is 0 Å². The Balaban J connectivity index is 2.14. The van der Waals surface area contributed by atoms with Gasteiger partial charge in [-0.1, -0.05) is 6.07 Å². The first-order valence-corrected chi connectivity index (χ1v) is 7.79. The van der Waals surface area contributed by atoms with Crippen LogP contribution in [0.5, 0.6) is 0 Å². The van der Waals surface area contributed by atoms with Gasteiger partial charge in [0.25, 0.3) is 5.79 Å². The highest BCUT2D eigenvalue weighted by molar-refractivity contribution is 6.15. The lowest BCUT2D eigenvalue weighted by Crippen LogP contribution is -2.42. The average Bonchev–Trinajstić information content (AvgIpc) is 2.51. The summed E-state index contributed by atoms with van der Waals surface area (Å²) in [6.07, 6.45) is 1.82. The van der Waals surface area contributed by atoms with Gasteiger partial charge in [0.15, 0.2) is 5.57 Å². The van der Waals surface area contributed by atoms with Gasteiger partial charge in [-0.3, -0.25) is 0 Å². The molecule has 0 amide bonds. The molecule has 1 aromatic carbocycles. The number of carbonyl (C=O) groups excluding carboxylic acids is 2. The maximum absolute atomic E-state index is 14.1. The molecule has 1 saturated heterocycles. The Hall–Kier alpha value is -2.61. The van der Waals surface area contributed by atoms with Crippen molar-refractivity contribution in [3.05, 3.63) is 35.8 Å². The molecule has 7 nitrogen and oxygen atoms in total. The number of carbonyl (C=O) groups is 2. The van der Waals surface area contributed by atoms with Crippen LogP contribution in [0.3, 0.4) is 0 Å². The van der Waals surface area contributed by atoms with Crippen LogP contribution in [-0.2, 0) is 23.8 Å². The van der Waals surface area contributed by atoms with Gasteiger partial charge in [0.2, 0.25) is 0 Å². The lowest BCUT2D eigenvalue weighted by Gasteiger charge is -2.29. The molecule has 2 rings (SSSR count). The maximum atomic E-state index is 14.1. The molecule has 1 fully saturated rings. The summed E-state index contributed by atoms with van der Waals surface area (Å²) in [5.74, 6) is -3.52. The molecule has 0 atom stereocenters. The third-order valence-corrected chi connectivity index (χ3v) is 3.33. The lowest BCUT2D eigenvalue weighted by atomic mass is 10.2. The van der Waals surface area contributed by atoms with Gasteiger partial charge >= 0.3 is 11.9 Å². The van der Waals surface area contributed by atoms with E-state index in [1.165, 1.54) is 19.9 Å². The second kappa shape index (κ2) is 7.98. The number of para-hydroxylation sites is 1. The van der Waals surface area contributed by atoms with Crippen LogP contribution in [0.4, 0.5) is 15.8 Å². The minimum Gasteiger partial charge on any atom is -0.419 e. The molecule has 8 heteroatoms. The summed E-state index contributed by atoms with van der Waals surface area (Å²) in [6.45, 7) is 4.04. The Morgan fingerprint density at radius 2 is 1.92 bits per heavy atom. The molecule has 1 aliphatic heterocycles. The number of benzene rings is 1. The molecule has 0 unspecified atom stereocenters. The predicted octanol–water partition coefficient (Wildman–Crippen LogP) is 2.41. The number of ether oxygens (including phenoxy) is 3. The number of anilines is 2. The molecule has 25 heavy (non-hydrogen) atoms. The Kier molecular flexibility index (Phi) is 5.97. The highest BCUT2D eigenvalue weighted by atomic mass is 19.1. The van der Waals surface area contributed by atoms with Gasteiger partial charge in [-0.2, -0.15) is 0 Å². The molecule has 0 aliphatic carbocycles. The topological polar surface area (TPSA) is 85.9 Å². The fourth-order valence-electron chi connectivity index (χ4n) is 2.18. The summed E-state index contributed by atoms with van der Waals surface area (Å²) >= 11 is 0. The minimum atomic E-state index is -1.32. The number of hydrogen-bond donors (Lipinski definition) is 2. The van der Waals surface area contributed by atoms with Crippen LogP contribution >= 0.6 is 0 Å². The SMILES string of the molecule is COCCCNc1cccc(F)c1NC=C1C(=O)OC(C)(C)OC1=O. The second-order valence-corrected chi connectivity index (χ2v) is 5.82. The maximum Gasteiger partial charge on any atom is 0.350 e. The third kappa shape index (κ3) is 4.93. The number of cyclic esters (lactones) is 2. The van der Waals surface area contributed by atoms with Gasteiger partial charge in [0.05, 0.1) is 11.4 Å². The van der Waals surface area contributed by atoms with Crippen LogP contribution in [0.25, 0.3) is 0 Å². The molecule has 0 aromatic heterocycles. The molecule has 2 N–H and O–H groups in total. The number of rotatable bonds is 7. The van der Waals surface area contributed by atoms with Gasteiger partial charge in [0, 0.05) is 40.3 Å². The van der Waals surface area contributed by atoms with Crippen molar-refractivity contribution in [2.24, 2.45) is 0 Å². The summed E-state index contributed by atoms with van der Waals surface area (Å²) in [5.41, 5.74) is 0.261. The summed E-state index contributed by atoms with van der Waals surface area (Å²) in [7, 11) is 1.60. The van der Waals surface area contributed by atoms with Crippen molar-refractivity contribution in [2.75, 3.05) is 30.9 Å². The van der Waals surface area contributed by atoms with E-state index in [0.717, 1.165) is 12.6 Å². The molecule has 0 radical (unpaired) electrons. The predicted molar refractivity (Wildman–Crippen MR) is 89.4 cm³/mol. The number of methoxy groups -OCH3 is 1. The van der Waals surface area contributed by atoms with Crippen molar-refractivity contribution in [1.29, 1.82) is 0 Å². The first kappa shape index (κ1) is 18.7. The van der Waals surface area contributed by atoms with Crippen LogP contribution in [0, 0.1) is 5.82 Å². The zero-order valence-electron chi connectivity index (χ0n) is 14.3. The van der Waals surface area contributed by atoms with E-state index in [1.807, 2.05) is 0 Å². The van der Waals surface area contributed by atoms with Gasteiger partial charge in [-0.15, -0.1) is 0 Å². The van der Waals surface area contributed by atoms with Crippen molar-refractivity contribution >= 4 is 23.3 Å². The third-order valence-electron chi connectivity index (χ3n) is 3.33. The quantitative estimate of drug-likeness (QED) is 0.337. The Bertz CT molecular complexity index is 666. The van der Waals surface area contributed by atoms with E-state index in [9.17, 15) is 14.0 Å². The lowest BCUT2D eigenvalue weighted by molar-refractivity contribution is -0.222. The molecule has 0 spiro atoms. The van der Waals surface area contributed by atoms with E-state index in [0.29, 0.717) is 18.8 Å². The highest BCUT2D eigenvalue weighted by Gasteiger charge is 2.39. The summed E-state index contributed by atoms with van der Waals surface area (Å²) in [6, 6.07) is 4.50. The van der Waals surface area contributed by atoms with Crippen molar-refractivity contribution in [3.8, 4) is 0 Å². The Morgan fingerprint density at radius 3 is 2.56 bits per heavy atom. The van der Waals surface area contributed by atoms with Crippen LogP contribution in [0.1, 0.15) is 20.3 Å². The molecule has 1 aliphatic rings. The zero-order chi connectivity index (χ0) is 18.4. The Labute approximate surface area is 145 Å². The van der Waals surface area contributed by atoms with E-state index in [-0.39, 0.29) is 11.3 Å². The van der Waals surface area contributed by atoms with E-state index < -0.39 is 23.5 Å². The average molecular weight is 352 g/mol. The highest BCUT2D eigenvalue weighted by Crippen LogP contribution is 2.27. The van der Waals surface area contributed by atoms with Gasteiger partial charge in [0.1, 0.15) is 5.82 Å². The monoisotopic (exact) mass is 352 g/mol. The van der Waals surface area contributed by atoms with Gasteiger partial charge in [-0.05, 0) is 18.6 Å². The molecular formula is C17H21FN2O5. The molecule has 0 saturated carbocycles. The van der Waals surface area contributed by atoms with Gasteiger partial charge < -0.3 is 24.8 Å². The fourth-order valence-corrected chi connectivity index (χ4v) is 2.18. The van der Waals surface area contributed by atoms with Crippen molar-refractivity contribution in [3.63, 3.8) is 0 Å². The van der Waals surface area contributed by atoms with Gasteiger partial charge in [-0.25, -0.2) is 14.0 Å². The normalized spacial score (nSPS) is 16.1. The van der Waals surface area contributed by atoms with E-state index >= 15 is 0 Å². The number of hydrogen-bond acceptors (Lipinski definition) is 7. The molecule has 136 valence electrons. The van der Waals surface area contributed by atoms with Crippen molar-refractivity contribution < 1.29 is 28.2 Å². The molecule has 1 heterocycles. The van der Waals surface area contributed by atoms with Crippen LogP contribution < -0.4 is 10.6 Å². The molecule has 1 aromatic rings. The molecular weight excluding hydrogens is 331 g/mol. The fraction of sp³-hybridized carbons (Fsp3) is 0.412. The van der Waals surface area contributed by atoms with E-state index in [1.54, 1.807) is 19.2 Å². The second-order valence-electron chi connectivity index (χ2n) is 5.82. The number of esters is 2. The summed E-state index contributed by atoms with van der Waals surface area (Å²) < 4.78 is 29.0. The van der Waals surface area contributed by atoms with Crippen LogP contribution in [0.15, 0.2) is 30.0 Å². The summed E-state index contributed by atoms with van der Waals surface area (Å²) in [4.78, 5) is 23.8.